The van der Waals surface area contributed by atoms with Crippen LogP contribution in [0.25, 0.3) is 0 Å². The first kappa shape index (κ1) is 20.3. The van der Waals surface area contributed by atoms with Crippen molar-refractivity contribution in [1.29, 1.82) is 0 Å². The van der Waals surface area contributed by atoms with Crippen molar-refractivity contribution < 1.29 is 4.79 Å². The molecule has 5 aliphatic rings. The molecule has 5 saturated carbocycles. The molecule has 5 aliphatic carbocycles. The summed E-state index contributed by atoms with van der Waals surface area (Å²) in [5.74, 6) is 4.50. The number of ketones is 1. The van der Waals surface area contributed by atoms with E-state index in [-0.39, 0.29) is 0 Å². The maximum Gasteiger partial charge on any atom is 0.133 e. The second-order valence-electron chi connectivity index (χ2n) is 13.2. The van der Waals surface area contributed by atoms with Gasteiger partial charge >= 0.3 is 0 Å². The van der Waals surface area contributed by atoms with E-state index >= 15 is 0 Å². The standard InChI is InChI=1S/C28H44O/c1-18(2)21-11-12-25(3)15-16-27(5)22(24(21)25)7-8-23-26(4)13-10-20(29)17-19(26)9-14-28(23,27)6/h19,21-24H,1,7-17H2,2-6H3/t19-,21+,22-,23+,24-,25-,26+,27-,28-/m0/s1. The van der Waals surface area contributed by atoms with Crippen molar-refractivity contribution in [3.8, 4) is 0 Å². The maximum atomic E-state index is 12.2. The molecule has 1 nitrogen and oxygen atoms in total. The largest absolute Gasteiger partial charge is 0.300 e. The zero-order valence-corrected chi connectivity index (χ0v) is 19.8. The highest BCUT2D eigenvalue weighted by Crippen LogP contribution is 2.76. The van der Waals surface area contributed by atoms with Crippen molar-refractivity contribution in [3.63, 3.8) is 0 Å². The topological polar surface area (TPSA) is 17.1 Å². The Kier molecular flexibility index (Phi) is 4.36. The van der Waals surface area contributed by atoms with Gasteiger partial charge in [-0.05, 0) is 116 Å². The van der Waals surface area contributed by atoms with Crippen LogP contribution in [0.3, 0.4) is 0 Å². The van der Waals surface area contributed by atoms with E-state index in [1.54, 1.807) is 0 Å². The highest BCUT2D eigenvalue weighted by atomic mass is 16.1. The molecular weight excluding hydrogens is 352 g/mol. The predicted molar refractivity (Wildman–Crippen MR) is 120 cm³/mol. The van der Waals surface area contributed by atoms with Gasteiger partial charge in [0, 0.05) is 12.8 Å². The van der Waals surface area contributed by atoms with Crippen LogP contribution in [0.5, 0.6) is 0 Å². The van der Waals surface area contributed by atoms with Gasteiger partial charge in [0.25, 0.3) is 0 Å². The minimum Gasteiger partial charge on any atom is -0.300 e. The highest BCUT2D eigenvalue weighted by Gasteiger charge is 2.68. The molecule has 5 fully saturated rings. The highest BCUT2D eigenvalue weighted by molar-refractivity contribution is 5.79. The van der Waals surface area contributed by atoms with E-state index < -0.39 is 0 Å². The van der Waals surface area contributed by atoms with Crippen molar-refractivity contribution >= 4 is 5.78 Å². The minimum atomic E-state index is 0.402. The summed E-state index contributed by atoms with van der Waals surface area (Å²) in [6.45, 7) is 17.4. The molecule has 0 spiro atoms. The monoisotopic (exact) mass is 396 g/mol. The third kappa shape index (κ3) is 2.48. The van der Waals surface area contributed by atoms with Gasteiger partial charge in [-0.2, -0.15) is 0 Å². The minimum absolute atomic E-state index is 0.402. The van der Waals surface area contributed by atoms with Gasteiger partial charge in [0.2, 0.25) is 0 Å². The van der Waals surface area contributed by atoms with Crippen LogP contribution >= 0.6 is 0 Å². The number of hydrogen-bond acceptors (Lipinski definition) is 1. The first-order valence-corrected chi connectivity index (χ1v) is 12.7. The third-order valence-electron chi connectivity index (χ3n) is 12.4. The van der Waals surface area contributed by atoms with Crippen LogP contribution in [-0.4, -0.2) is 5.78 Å². The van der Waals surface area contributed by atoms with Crippen molar-refractivity contribution in [2.24, 2.45) is 51.2 Å². The van der Waals surface area contributed by atoms with Crippen LogP contribution in [0, 0.1) is 51.2 Å². The van der Waals surface area contributed by atoms with Gasteiger partial charge in [-0.25, -0.2) is 0 Å². The molecule has 9 atom stereocenters. The molecule has 0 unspecified atom stereocenters. The smallest absolute Gasteiger partial charge is 0.133 e. The van der Waals surface area contributed by atoms with E-state index in [4.69, 9.17) is 0 Å². The van der Waals surface area contributed by atoms with Crippen LogP contribution in [0.15, 0.2) is 12.2 Å². The molecule has 0 bridgehead atoms. The van der Waals surface area contributed by atoms with Crippen LogP contribution < -0.4 is 0 Å². The van der Waals surface area contributed by atoms with Crippen molar-refractivity contribution in [1.82, 2.24) is 0 Å². The zero-order valence-electron chi connectivity index (χ0n) is 19.8. The summed E-state index contributed by atoms with van der Waals surface area (Å²) in [4.78, 5) is 12.2. The van der Waals surface area contributed by atoms with E-state index in [1.807, 2.05) is 0 Å². The van der Waals surface area contributed by atoms with Crippen molar-refractivity contribution in [2.45, 2.75) is 105 Å². The SMILES string of the molecule is C=C(C)[C@H]1CC[C@@]2(C)CC[C@@]3(C)[C@@H](CC[C@@H]4[C@]5(C)CCC(=O)C[C@@H]5CC[C@@]43C)[C@H]12. The second kappa shape index (κ2) is 6.23. The molecule has 162 valence electrons. The molecule has 0 N–H and O–H groups in total. The molecule has 0 aromatic heterocycles. The Morgan fingerprint density at radius 2 is 1.66 bits per heavy atom. The summed E-state index contributed by atoms with van der Waals surface area (Å²) >= 11 is 0. The lowest BCUT2D eigenvalue weighted by Crippen LogP contribution is -2.64. The van der Waals surface area contributed by atoms with Crippen LogP contribution in [0.2, 0.25) is 0 Å². The predicted octanol–water partition coefficient (Wildman–Crippen LogP) is 7.60. The van der Waals surface area contributed by atoms with Gasteiger partial charge in [0.1, 0.15) is 5.78 Å². The van der Waals surface area contributed by atoms with Crippen LogP contribution in [0.4, 0.5) is 0 Å². The molecule has 0 aromatic rings. The van der Waals surface area contributed by atoms with Gasteiger partial charge in [-0.3, -0.25) is 4.79 Å². The second-order valence-corrected chi connectivity index (χ2v) is 13.2. The zero-order chi connectivity index (χ0) is 20.8. The molecule has 1 heteroatoms. The number of allylic oxidation sites excluding steroid dienone is 1. The summed E-state index contributed by atoms with van der Waals surface area (Å²) in [7, 11) is 0. The Bertz CT molecular complexity index is 737. The maximum absolute atomic E-state index is 12.2. The molecule has 0 radical (unpaired) electrons. The van der Waals surface area contributed by atoms with Gasteiger partial charge in [-0.1, -0.05) is 39.8 Å². The van der Waals surface area contributed by atoms with Gasteiger partial charge in [-0.15, -0.1) is 0 Å². The van der Waals surface area contributed by atoms with Crippen LogP contribution in [-0.2, 0) is 4.79 Å². The molecule has 0 aromatic carbocycles. The van der Waals surface area contributed by atoms with Gasteiger partial charge in [0.05, 0.1) is 0 Å². The summed E-state index contributed by atoms with van der Waals surface area (Å²) < 4.78 is 0. The summed E-state index contributed by atoms with van der Waals surface area (Å²) in [5.41, 5.74) is 3.32. The van der Waals surface area contributed by atoms with E-state index in [0.29, 0.717) is 33.4 Å². The lowest BCUT2D eigenvalue weighted by Gasteiger charge is -2.71. The van der Waals surface area contributed by atoms with E-state index in [2.05, 4.69) is 41.2 Å². The summed E-state index contributed by atoms with van der Waals surface area (Å²) in [6.07, 6.45) is 14.0. The van der Waals surface area contributed by atoms with Crippen molar-refractivity contribution in [3.05, 3.63) is 12.2 Å². The number of fused-ring (bicyclic) bond motifs is 7. The number of hydrogen-bond donors (Lipinski definition) is 0. The number of carbonyl (C=O) groups is 1. The number of rotatable bonds is 1. The average molecular weight is 397 g/mol. The first-order chi connectivity index (χ1) is 13.6. The summed E-state index contributed by atoms with van der Waals surface area (Å²) in [5, 5.41) is 0. The average Bonchev–Trinajstić information content (AvgIpc) is 3.01. The Labute approximate surface area is 179 Å². The van der Waals surface area contributed by atoms with Crippen LogP contribution in [0.1, 0.15) is 105 Å². The molecule has 29 heavy (non-hydrogen) atoms. The quantitative estimate of drug-likeness (QED) is 0.417. The van der Waals surface area contributed by atoms with Crippen molar-refractivity contribution in [2.75, 3.05) is 0 Å². The Balaban J connectivity index is 1.54. The molecular formula is C28H44O. The van der Waals surface area contributed by atoms with E-state index in [0.717, 1.165) is 42.9 Å². The Morgan fingerprint density at radius 1 is 0.897 bits per heavy atom. The fourth-order valence-electron chi connectivity index (χ4n) is 10.4. The fourth-order valence-corrected chi connectivity index (χ4v) is 10.4. The van der Waals surface area contributed by atoms with Gasteiger partial charge < -0.3 is 0 Å². The number of Topliss-reactive ketones (excluding diaryl/α,β-unsaturated/α-hetero) is 1. The molecule has 0 saturated heterocycles. The Hall–Kier alpha value is -0.590. The van der Waals surface area contributed by atoms with Gasteiger partial charge in [0.15, 0.2) is 0 Å². The molecule has 5 rings (SSSR count). The van der Waals surface area contributed by atoms with E-state index in [1.165, 1.54) is 56.9 Å². The Morgan fingerprint density at radius 3 is 2.38 bits per heavy atom. The lowest BCUT2D eigenvalue weighted by molar-refractivity contribution is -0.220. The van der Waals surface area contributed by atoms with E-state index in [9.17, 15) is 4.79 Å². The molecule has 0 aliphatic heterocycles. The third-order valence-corrected chi connectivity index (χ3v) is 12.4. The molecule has 0 amide bonds. The summed E-state index contributed by atoms with van der Waals surface area (Å²) in [6, 6.07) is 0. The lowest BCUT2D eigenvalue weighted by atomic mass is 9.33. The fraction of sp³-hybridized carbons (Fsp3) is 0.893. The normalized spacial score (nSPS) is 56.7. The number of carbonyl (C=O) groups excluding carboxylic acids is 1. The molecule has 0 heterocycles. The first-order valence-electron chi connectivity index (χ1n) is 12.7.